The van der Waals surface area contributed by atoms with E-state index in [1.165, 1.54) is 7.11 Å². The second-order valence-electron chi connectivity index (χ2n) is 5.69. The first-order valence-corrected chi connectivity index (χ1v) is 5.92. The number of aliphatic hydroxyl groups is 1. The molecular weight excluding hydrogens is 238 g/mol. The monoisotopic (exact) mass is 259 g/mol. The molecule has 0 radical (unpaired) electrons. The lowest BCUT2D eigenvalue weighted by molar-refractivity contribution is -0.166. The van der Waals surface area contributed by atoms with Crippen molar-refractivity contribution in [3.8, 4) is 0 Å². The molecule has 0 spiro atoms. The van der Waals surface area contributed by atoms with Crippen molar-refractivity contribution in [1.82, 2.24) is 5.32 Å². The molecule has 6 nitrogen and oxygen atoms in total. The Labute approximate surface area is 107 Å². The number of carbonyl (C=O) groups excluding carboxylic acids is 2. The molecule has 1 fully saturated rings. The van der Waals surface area contributed by atoms with Gasteiger partial charge in [0, 0.05) is 6.54 Å². The summed E-state index contributed by atoms with van der Waals surface area (Å²) in [6, 6.07) is 0. The number of methoxy groups -OCH3 is 1. The number of hydrogen-bond acceptors (Lipinski definition) is 5. The van der Waals surface area contributed by atoms with Crippen LogP contribution in [0, 0.1) is 5.41 Å². The molecule has 1 rings (SSSR count). The van der Waals surface area contributed by atoms with Gasteiger partial charge in [-0.3, -0.25) is 4.79 Å². The Kier molecular flexibility index (Phi) is 4.21. The molecule has 0 atom stereocenters. The minimum atomic E-state index is -0.814. The zero-order valence-corrected chi connectivity index (χ0v) is 11.3. The fraction of sp³-hybridized carbons (Fsp3) is 0.833. The van der Waals surface area contributed by atoms with E-state index in [-0.39, 0.29) is 6.54 Å². The van der Waals surface area contributed by atoms with Gasteiger partial charge in [-0.15, -0.1) is 0 Å². The maximum Gasteiger partial charge on any atom is 0.407 e. The number of amides is 1. The summed E-state index contributed by atoms with van der Waals surface area (Å²) < 4.78 is 9.77. The Balaban J connectivity index is 2.50. The summed E-state index contributed by atoms with van der Waals surface area (Å²) in [6.45, 7) is 5.40. The molecule has 0 aliphatic heterocycles. The highest BCUT2D eigenvalue weighted by Gasteiger charge is 2.51. The Morgan fingerprint density at radius 3 is 2.33 bits per heavy atom. The van der Waals surface area contributed by atoms with Crippen LogP contribution in [0.5, 0.6) is 0 Å². The molecule has 0 aromatic heterocycles. The maximum absolute atomic E-state index is 11.6. The van der Waals surface area contributed by atoms with Gasteiger partial charge in [-0.1, -0.05) is 0 Å². The first kappa shape index (κ1) is 14.8. The van der Waals surface area contributed by atoms with Crippen molar-refractivity contribution in [2.75, 3.05) is 13.7 Å². The standard InChI is InChI=1S/C12H21NO5/c1-11(2,3)18-10(16)13-7-12(9(15)17-4)5-8(14)6-12/h8,14H,5-7H2,1-4H3,(H,13,16). The Bertz CT molecular complexity index is 328. The highest BCUT2D eigenvalue weighted by Crippen LogP contribution is 2.41. The molecule has 0 unspecified atom stereocenters. The van der Waals surface area contributed by atoms with Crippen molar-refractivity contribution < 1.29 is 24.2 Å². The largest absolute Gasteiger partial charge is 0.469 e. The van der Waals surface area contributed by atoms with E-state index >= 15 is 0 Å². The molecule has 0 aromatic carbocycles. The van der Waals surface area contributed by atoms with Crippen LogP contribution in [0.2, 0.25) is 0 Å². The van der Waals surface area contributed by atoms with Gasteiger partial charge in [0.1, 0.15) is 5.60 Å². The second kappa shape index (κ2) is 5.14. The molecule has 0 aromatic rings. The summed E-state index contributed by atoms with van der Waals surface area (Å²) in [5, 5.41) is 11.9. The number of esters is 1. The molecular formula is C12H21NO5. The van der Waals surface area contributed by atoms with Crippen LogP contribution in [0.4, 0.5) is 4.79 Å². The van der Waals surface area contributed by atoms with E-state index in [2.05, 4.69) is 5.32 Å². The van der Waals surface area contributed by atoms with Crippen LogP contribution in [0.3, 0.4) is 0 Å². The first-order valence-electron chi connectivity index (χ1n) is 5.92. The lowest BCUT2D eigenvalue weighted by Crippen LogP contribution is -2.54. The van der Waals surface area contributed by atoms with Crippen LogP contribution in [0.1, 0.15) is 33.6 Å². The number of nitrogens with one attached hydrogen (secondary N) is 1. The van der Waals surface area contributed by atoms with E-state index in [9.17, 15) is 14.7 Å². The zero-order valence-electron chi connectivity index (χ0n) is 11.3. The summed E-state index contributed by atoms with van der Waals surface area (Å²) in [4.78, 5) is 23.1. The smallest absolute Gasteiger partial charge is 0.407 e. The molecule has 1 amide bonds. The summed E-state index contributed by atoms with van der Waals surface area (Å²) in [7, 11) is 1.29. The zero-order chi connectivity index (χ0) is 14.0. The van der Waals surface area contributed by atoms with Crippen LogP contribution in [0.15, 0.2) is 0 Å². The van der Waals surface area contributed by atoms with Crippen LogP contribution >= 0.6 is 0 Å². The highest BCUT2D eigenvalue weighted by molar-refractivity contribution is 5.79. The third kappa shape index (κ3) is 3.60. The fourth-order valence-corrected chi connectivity index (χ4v) is 2.00. The van der Waals surface area contributed by atoms with E-state index in [1.54, 1.807) is 20.8 Å². The Morgan fingerprint density at radius 2 is 1.94 bits per heavy atom. The molecule has 6 heteroatoms. The van der Waals surface area contributed by atoms with Crippen molar-refractivity contribution in [2.45, 2.75) is 45.3 Å². The van der Waals surface area contributed by atoms with Gasteiger partial charge in [-0.05, 0) is 33.6 Å². The molecule has 2 N–H and O–H groups in total. The third-order valence-corrected chi connectivity index (χ3v) is 2.84. The van der Waals surface area contributed by atoms with Gasteiger partial charge < -0.3 is 19.9 Å². The minimum Gasteiger partial charge on any atom is -0.469 e. The number of carbonyl (C=O) groups is 2. The predicted octanol–water partition coefficient (Wildman–Crippen LogP) is 0.825. The summed E-state index contributed by atoms with van der Waals surface area (Å²) in [5.74, 6) is -0.413. The second-order valence-corrected chi connectivity index (χ2v) is 5.69. The van der Waals surface area contributed by atoms with Crippen LogP contribution in [0.25, 0.3) is 0 Å². The van der Waals surface area contributed by atoms with Gasteiger partial charge in [0.05, 0.1) is 18.6 Å². The van der Waals surface area contributed by atoms with Crippen LogP contribution in [-0.4, -0.2) is 42.5 Å². The minimum absolute atomic E-state index is 0.117. The van der Waals surface area contributed by atoms with Crippen molar-refractivity contribution in [3.05, 3.63) is 0 Å². The fourth-order valence-electron chi connectivity index (χ4n) is 2.00. The number of hydrogen-bond donors (Lipinski definition) is 2. The van der Waals surface area contributed by atoms with E-state index in [0.29, 0.717) is 12.8 Å². The lowest BCUT2D eigenvalue weighted by atomic mass is 9.66. The van der Waals surface area contributed by atoms with Gasteiger partial charge >= 0.3 is 12.1 Å². The molecule has 0 bridgehead atoms. The summed E-state index contributed by atoms with van der Waals surface area (Å²) in [5.41, 5.74) is -1.40. The number of ether oxygens (including phenoxy) is 2. The first-order chi connectivity index (χ1) is 8.18. The molecule has 0 heterocycles. The van der Waals surface area contributed by atoms with Crippen molar-refractivity contribution in [3.63, 3.8) is 0 Å². The van der Waals surface area contributed by atoms with Crippen molar-refractivity contribution in [1.29, 1.82) is 0 Å². The molecule has 1 saturated carbocycles. The number of aliphatic hydroxyl groups excluding tert-OH is 1. The molecule has 104 valence electrons. The molecule has 1 aliphatic carbocycles. The van der Waals surface area contributed by atoms with Gasteiger partial charge in [0.15, 0.2) is 0 Å². The van der Waals surface area contributed by atoms with Gasteiger partial charge in [0.2, 0.25) is 0 Å². The number of alkyl carbamates (subject to hydrolysis) is 1. The van der Waals surface area contributed by atoms with E-state index in [4.69, 9.17) is 9.47 Å². The average molecular weight is 259 g/mol. The quantitative estimate of drug-likeness (QED) is 0.733. The van der Waals surface area contributed by atoms with Crippen LogP contribution < -0.4 is 5.32 Å². The summed E-state index contributed by atoms with van der Waals surface area (Å²) in [6.07, 6.45) is -0.484. The normalized spacial score (nSPS) is 27.1. The Morgan fingerprint density at radius 1 is 1.39 bits per heavy atom. The van der Waals surface area contributed by atoms with E-state index < -0.39 is 29.2 Å². The van der Waals surface area contributed by atoms with Crippen molar-refractivity contribution in [2.24, 2.45) is 5.41 Å². The summed E-state index contributed by atoms with van der Waals surface area (Å²) >= 11 is 0. The highest BCUT2D eigenvalue weighted by atomic mass is 16.6. The van der Waals surface area contributed by atoms with Crippen LogP contribution in [-0.2, 0) is 14.3 Å². The van der Waals surface area contributed by atoms with Gasteiger partial charge in [0.25, 0.3) is 0 Å². The number of rotatable bonds is 3. The molecule has 1 aliphatic rings. The predicted molar refractivity (Wildman–Crippen MR) is 63.9 cm³/mol. The van der Waals surface area contributed by atoms with E-state index in [1.807, 2.05) is 0 Å². The Hall–Kier alpha value is -1.30. The van der Waals surface area contributed by atoms with E-state index in [0.717, 1.165) is 0 Å². The molecule has 18 heavy (non-hydrogen) atoms. The van der Waals surface area contributed by atoms with Crippen molar-refractivity contribution >= 4 is 12.1 Å². The van der Waals surface area contributed by atoms with Gasteiger partial charge in [-0.25, -0.2) is 4.79 Å². The third-order valence-electron chi connectivity index (χ3n) is 2.84. The SMILES string of the molecule is COC(=O)C1(CNC(=O)OC(C)(C)C)CC(O)C1. The topological polar surface area (TPSA) is 84.9 Å². The average Bonchev–Trinajstić information content (AvgIpc) is 2.19. The lowest BCUT2D eigenvalue weighted by Gasteiger charge is -2.42. The van der Waals surface area contributed by atoms with Gasteiger partial charge in [-0.2, -0.15) is 0 Å². The maximum atomic E-state index is 11.6. The molecule has 0 saturated heterocycles.